The van der Waals surface area contributed by atoms with Crippen molar-refractivity contribution in [3.05, 3.63) is 47.3 Å². The maximum atomic E-state index is 13.5. The van der Waals surface area contributed by atoms with E-state index in [0.717, 1.165) is 17.1 Å². The van der Waals surface area contributed by atoms with Gasteiger partial charge < -0.3 is 24.2 Å². The highest BCUT2D eigenvalue weighted by Crippen LogP contribution is 2.61. The van der Waals surface area contributed by atoms with E-state index in [2.05, 4.69) is 10.3 Å². The fourth-order valence-corrected chi connectivity index (χ4v) is 4.98. The van der Waals surface area contributed by atoms with Crippen molar-refractivity contribution in [2.45, 2.75) is 33.4 Å². The molecule has 28 heavy (non-hydrogen) atoms. The van der Waals surface area contributed by atoms with Crippen LogP contribution in [-0.4, -0.2) is 37.0 Å². The third kappa shape index (κ3) is 5.25. The first kappa shape index (κ1) is 22.2. The molecule has 1 heterocycles. The monoisotopic (exact) mass is 408 g/mol. The summed E-state index contributed by atoms with van der Waals surface area (Å²) in [6, 6.07) is 8.78. The maximum absolute atomic E-state index is 13.5. The summed E-state index contributed by atoms with van der Waals surface area (Å²) in [7, 11) is -2.01. The highest BCUT2D eigenvalue weighted by atomic mass is 31.2. The summed E-state index contributed by atoms with van der Waals surface area (Å²) in [4.78, 5) is 4.45. The van der Waals surface area contributed by atoms with E-state index in [4.69, 9.17) is 13.8 Å². The first-order valence-electron chi connectivity index (χ1n) is 9.28. The third-order valence-corrected chi connectivity index (χ3v) is 6.78. The Hall–Kier alpha value is -2.08. The number of aromatic nitrogens is 1. The van der Waals surface area contributed by atoms with Crippen LogP contribution in [0.4, 0.5) is 5.69 Å². The van der Waals surface area contributed by atoms with Gasteiger partial charge in [0.15, 0.2) is 11.5 Å². The van der Waals surface area contributed by atoms with Gasteiger partial charge in [-0.2, -0.15) is 0 Å². The number of aromatic hydroxyl groups is 1. The number of phenolic OH excluding ortho intramolecular Hbond substituents is 1. The third-order valence-electron chi connectivity index (χ3n) is 4.30. The van der Waals surface area contributed by atoms with E-state index < -0.39 is 13.3 Å². The molecule has 0 bridgehead atoms. The SMILES string of the molecule is CCOP(=O)(OCC)C(CNc1ccc(C)nc1C)c1ccc(OC)c(O)c1. The highest BCUT2D eigenvalue weighted by molar-refractivity contribution is 7.54. The second-order valence-electron chi connectivity index (χ2n) is 6.29. The Morgan fingerprint density at radius 2 is 1.82 bits per heavy atom. The Morgan fingerprint density at radius 3 is 2.36 bits per heavy atom. The molecule has 0 fully saturated rings. The zero-order valence-corrected chi connectivity index (χ0v) is 18.0. The maximum Gasteiger partial charge on any atom is 0.339 e. The highest BCUT2D eigenvalue weighted by Gasteiger charge is 2.37. The topological polar surface area (TPSA) is 89.9 Å². The minimum Gasteiger partial charge on any atom is -0.504 e. The molecule has 1 atom stereocenters. The lowest BCUT2D eigenvalue weighted by Gasteiger charge is -2.27. The molecule has 2 aromatic rings. The molecule has 0 spiro atoms. The normalized spacial score (nSPS) is 12.6. The number of rotatable bonds is 10. The van der Waals surface area contributed by atoms with Gasteiger partial charge in [0.05, 0.1) is 31.7 Å². The molecule has 1 aromatic carbocycles. The number of nitrogens with one attached hydrogen (secondary N) is 1. The summed E-state index contributed by atoms with van der Waals surface area (Å²) in [5.74, 6) is 0.314. The number of anilines is 1. The van der Waals surface area contributed by atoms with E-state index in [1.807, 2.05) is 26.0 Å². The van der Waals surface area contributed by atoms with Crippen LogP contribution < -0.4 is 10.1 Å². The largest absolute Gasteiger partial charge is 0.504 e. The fraction of sp³-hybridized carbons (Fsp3) is 0.450. The van der Waals surface area contributed by atoms with Crippen molar-refractivity contribution >= 4 is 13.3 Å². The Bertz CT molecular complexity index is 833. The minimum absolute atomic E-state index is 0.0299. The molecule has 2 N–H and O–H groups in total. The van der Waals surface area contributed by atoms with Gasteiger partial charge in [-0.3, -0.25) is 9.55 Å². The molecular weight excluding hydrogens is 379 g/mol. The summed E-state index contributed by atoms with van der Waals surface area (Å²) in [6.45, 7) is 8.17. The van der Waals surface area contributed by atoms with Crippen molar-refractivity contribution in [3.8, 4) is 11.5 Å². The number of nitrogens with zero attached hydrogens (tertiary/aromatic N) is 1. The van der Waals surface area contributed by atoms with Crippen molar-refractivity contribution in [2.75, 3.05) is 32.2 Å². The summed E-state index contributed by atoms with van der Waals surface area (Å²) in [5, 5.41) is 13.5. The number of aryl methyl sites for hydroxylation is 2. The van der Waals surface area contributed by atoms with Gasteiger partial charge in [0.2, 0.25) is 0 Å². The number of hydrogen-bond acceptors (Lipinski definition) is 7. The van der Waals surface area contributed by atoms with Crippen LogP contribution in [0, 0.1) is 13.8 Å². The fourth-order valence-electron chi connectivity index (χ4n) is 2.98. The van der Waals surface area contributed by atoms with E-state index in [0.29, 0.717) is 11.3 Å². The molecule has 0 amide bonds. The van der Waals surface area contributed by atoms with Crippen molar-refractivity contribution in [1.82, 2.24) is 4.98 Å². The summed E-state index contributed by atoms with van der Waals surface area (Å²) < 4.78 is 29.8. The van der Waals surface area contributed by atoms with Gasteiger partial charge in [-0.25, -0.2) is 0 Å². The Balaban J connectivity index is 2.40. The average molecular weight is 408 g/mol. The van der Waals surface area contributed by atoms with Gasteiger partial charge in [0.25, 0.3) is 0 Å². The van der Waals surface area contributed by atoms with Crippen LogP contribution >= 0.6 is 7.60 Å². The van der Waals surface area contributed by atoms with Crippen LogP contribution in [0.25, 0.3) is 0 Å². The second kappa shape index (κ2) is 9.92. The van der Waals surface area contributed by atoms with Crippen LogP contribution in [0.2, 0.25) is 0 Å². The van der Waals surface area contributed by atoms with Gasteiger partial charge in [-0.1, -0.05) is 6.07 Å². The van der Waals surface area contributed by atoms with Gasteiger partial charge in [0, 0.05) is 12.2 Å². The van der Waals surface area contributed by atoms with E-state index in [1.165, 1.54) is 13.2 Å². The van der Waals surface area contributed by atoms with Crippen molar-refractivity contribution in [1.29, 1.82) is 0 Å². The lowest BCUT2D eigenvalue weighted by Crippen LogP contribution is -2.17. The number of ether oxygens (including phenoxy) is 1. The molecule has 7 nitrogen and oxygen atoms in total. The first-order valence-corrected chi connectivity index (χ1v) is 10.9. The van der Waals surface area contributed by atoms with E-state index >= 15 is 0 Å². The molecule has 8 heteroatoms. The number of benzene rings is 1. The number of methoxy groups -OCH3 is 1. The van der Waals surface area contributed by atoms with Crippen LogP contribution in [0.1, 0.15) is 36.5 Å². The molecule has 0 saturated carbocycles. The quantitative estimate of drug-likeness (QED) is 0.544. The molecule has 0 aliphatic carbocycles. The Morgan fingerprint density at radius 1 is 1.14 bits per heavy atom. The summed E-state index contributed by atoms with van der Waals surface area (Å²) >= 11 is 0. The van der Waals surface area contributed by atoms with Crippen LogP contribution in [0.5, 0.6) is 11.5 Å². The van der Waals surface area contributed by atoms with Gasteiger partial charge >= 0.3 is 7.60 Å². The standard InChI is InChI=1S/C20H29N2O5P/c1-6-26-28(24,27-7-2)20(16-9-11-19(25-5)18(23)12-16)13-21-17-10-8-14(3)22-15(17)4/h8-12,20-21,23H,6-7,13H2,1-5H3. The zero-order valence-electron chi connectivity index (χ0n) is 17.1. The van der Waals surface area contributed by atoms with Crippen LogP contribution in [0.3, 0.4) is 0 Å². The predicted molar refractivity (Wildman–Crippen MR) is 110 cm³/mol. The van der Waals surface area contributed by atoms with Crippen molar-refractivity contribution in [3.63, 3.8) is 0 Å². The number of phenols is 1. The zero-order chi connectivity index (χ0) is 20.7. The summed E-state index contributed by atoms with van der Waals surface area (Å²) in [6.07, 6.45) is 0. The van der Waals surface area contributed by atoms with Gasteiger partial charge in [-0.05, 0) is 57.5 Å². The molecule has 0 radical (unpaired) electrons. The molecule has 1 unspecified atom stereocenters. The Labute approximate surface area is 166 Å². The van der Waals surface area contributed by atoms with Crippen molar-refractivity contribution < 1.29 is 23.5 Å². The van der Waals surface area contributed by atoms with Crippen molar-refractivity contribution in [2.24, 2.45) is 0 Å². The van der Waals surface area contributed by atoms with Crippen LogP contribution in [-0.2, 0) is 13.6 Å². The smallest absolute Gasteiger partial charge is 0.339 e. The number of pyridine rings is 1. The molecule has 1 aromatic heterocycles. The molecule has 0 saturated heterocycles. The predicted octanol–water partition coefficient (Wildman–Crippen LogP) is 4.83. The van der Waals surface area contributed by atoms with E-state index in [9.17, 15) is 9.67 Å². The van der Waals surface area contributed by atoms with E-state index in [-0.39, 0.29) is 25.5 Å². The molecule has 0 aliphatic rings. The lowest BCUT2D eigenvalue weighted by molar-refractivity contribution is 0.213. The molecule has 0 aliphatic heterocycles. The van der Waals surface area contributed by atoms with Crippen LogP contribution in [0.15, 0.2) is 30.3 Å². The lowest BCUT2D eigenvalue weighted by atomic mass is 10.1. The van der Waals surface area contributed by atoms with Gasteiger partial charge in [0.1, 0.15) is 5.66 Å². The minimum atomic E-state index is -3.49. The number of hydrogen-bond donors (Lipinski definition) is 2. The average Bonchev–Trinajstić information content (AvgIpc) is 2.64. The second-order valence-corrected chi connectivity index (χ2v) is 8.51. The molecular formula is C20H29N2O5P. The van der Waals surface area contributed by atoms with E-state index in [1.54, 1.807) is 26.0 Å². The Kier molecular flexibility index (Phi) is 7.87. The molecule has 2 rings (SSSR count). The molecule has 154 valence electrons. The first-order chi connectivity index (χ1) is 13.3. The van der Waals surface area contributed by atoms with Gasteiger partial charge in [-0.15, -0.1) is 0 Å². The summed E-state index contributed by atoms with van der Waals surface area (Å²) in [5.41, 5.74) is 2.62.